The van der Waals surface area contributed by atoms with E-state index in [4.69, 9.17) is 13.9 Å². The number of carbonyl (C=O) groups excluding carboxylic acids is 3. The number of ether oxygens (including phenoxy) is 2. The Hall–Kier alpha value is -3.60. The molecule has 1 fully saturated rings. The Labute approximate surface area is 180 Å². The minimum Gasteiger partial charge on any atom is -0.496 e. The van der Waals surface area contributed by atoms with Gasteiger partial charge in [0.25, 0.3) is 16.8 Å². The monoisotopic (exact) mass is 446 g/mol. The summed E-state index contributed by atoms with van der Waals surface area (Å²) in [5, 5.41) is 10.4. The van der Waals surface area contributed by atoms with Gasteiger partial charge in [0.15, 0.2) is 0 Å². The molecule has 2 amide bonds. The van der Waals surface area contributed by atoms with Crippen LogP contribution in [-0.2, 0) is 14.3 Å². The third-order valence-electron chi connectivity index (χ3n) is 4.40. The van der Waals surface area contributed by atoms with E-state index in [-0.39, 0.29) is 28.7 Å². The van der Waals surface area contributed by atoms with E-state index >= 15 is 0 Å². The molecule has 2 heterocycles. The summed E-state index contributed by atoms with van der Waals surface area (Å²) in [5.41, 5.74) is 0.355. The van der Waals surface area contributed by atoms with Gasteiger partial charge in [-0.3, -0.25) is 24.6 Å². The van der Waals surface area contributed by atoms with Crippen molar-refractivity contribution in [3.63, 3.8) is 0 Å². The van der Waals surface area contributed by atoms with Crippen LogP contribution in [0, 0.1) is 10.1 Å². The van der Waals surface area contributed by atoms with Crippen molar-refractivity contribution < 1.29 is 33.2 Å². The van der Waals surface area contributed by atoms with Gasteiger partial charge in [0.05, 0.1) is 35.2 Å². The van der Waals surface area contributed by atoms with Gasteiger partial charge in [0, 0.05) is 12.1 Å². The Morgan fingerprint density at radius 3 is 2.71 bits per heavy atom. The quantitative estimate of drug-likeness (QED) is 0.269. The highest BCUT2D eigenvalue weighted by Crippen LogP contribution is 2.37. The van der Waals surface area contributed by atoms with Crippen LogP contribution in [-0.4, -0.2) is 46.7 Å². The Kier molecular flexibility index (Phi) is 6.44. The minimum atomic E-state index is -1.05. The molecule has 10 nitrogen and oxygen atoms in total. The number of thioether (sulfide) groups is 1. The van der Waals surface area contributed by atoms with Crippen molar-refractivity contribution in [2.45, 2.75) is 19.9 Å². The van der Waals surface area contributed by atoms with Crippen LogP contribution >= 0.6 is 11.8 Å². The highest BCUT2D eigenvalue weighted by Gasteiger charge is 2.41. The molecule has 1 aliphatic heterocycles. The van der Waals surface area contributed by atoms with Crippen LogP contribution < -0.4 is 4.74 Å². The number of hydrogen-bond donors (Lipinski definition) is 0. The molecule has 1 aromatic heterocycles. The summed E-state index contributed by atoms with van der Waals surface area (Å²) in [6.45, 7) is 3.19. The molecule has 0 unspecified atom stereocenters. The van der Waals surface area contributed by atoms with Crippen molar-refractivity contribution >= 4 is 40.6 Å². The first-order valence-electron chi connectivity index (χ1n) is 9.13. The topological polar surface area (TPSA) is 129 Å². The van der Waals surface area contributed by atoms with Gasteiger partial charge in [0.2, 0.25) is 0 Å². The molecule has 1 atom stereocenters. The number of amides is 2. The summed E-state index contributed by atoms with van der Waals surface area (Å²) in [6, 6.07) is 6.24. The maximum atomic E-state index is 12.6. The first-order valence-corrected chi connectivity index (χ1v) is 9.94. The van der Waals surface area contributed by atoms with E-state index in [0.717, 1.165) is 4.90 Å². The van der Waals surface area contributed by atoms with Crippen molar-refractivity contribution in [2.75, 3.05) is 13.7 Å². The first-order chi connectivity index (χ1) is 14.8. The molecule has 1 aliphatic rings. The second-order valence-electron chi connectivity index (χ2n) is 6.32. The molecule has 0 N–H and O–H groups in total. The molecule has 1 saturated heterocycles. The number of hydrogen-bond acceptors (Lipinski definition) is 9. The third kappa shape index (κ3) is 4.45. The number of imide groups is 1. The lowest BCUT2D eigenvalue weighted by Crippen LogP contribution is -2.42. The van der Waals surface area contributed by atoms with E-state index in [1.54, 1.807) is 19.1 Å². The van der Waals surface area contributed by atoms with Crippen LogP contribution in [0.25, 0.3) is 17.4 Å². The molecule has 11 heteroatoms. The van der Waals surface area contributed by atoms with Gasteiger partial charge >= 0.3 is 5.97 Å². The number of benzene rings is 1. The highest BCUT2D eigenvalue weighted by atomic mass is 32.2. The van der Waals surface area contributed by atoms with Crippen molar-refractivity contribution in [2.24, 2.45) is 0 Å². The van der Waals surface area contributed by atoms with Crippen LogP contribution in [0.4, 0.5) is 10.5 Å². The van der Waals surface area contributed by atoms with Crippen LogP contribution in [0.1, 0.15) is 19.6 Å². The maximum Gasteiger partial charge on any atom is 0.329 e. The number of nitro groups is 1. The molecule has 0 radical (unpaired) electrons. The molecule has 0 spiro atoms. The van der Waals surface area contributed by atoms with Gasteiger partial charge in [-0.1, -0.05) is 0 Å². The van der Waals surface area contributed by atoms with Gasteiger partial charge < -0.3 is 13.9 Å². The summed E-state index contributed by atoms with van der Waals surface area (Å²) in [6.07, 6.45) is 1.39. The zero-order valence-electron chi connectivity index (χ0n) is 16.8. The average Bonchev–Trinajstić information content (AvgIpc) is 3.31. The smallest absolute Gasteiger partial charge is 0.329 e. The Balaban J connectivity index is 1.85. The maximum absolute atomic E-state index is 12.6. The summed E-state index contributed by atoms with van der Waals surface area (Å²) in [7, 11) is 1.38. The number of nitro benzene ring substituents is 1. The zero-order valence-corrected chi connectivity index (χ0v) is 17.6. The molecule has 162 valence electrons. The van der Waals surface area contributed by atoms with Crippen LogP contribution in [0.15, 0.2) is 39.7 Å². The Morgan fingerprint density at radius 2 is 2.06 bits per heavy atom. The minimum absolute atomic E-state index is 0.0951. The van der Waals surface area contributed by atoms with Crippen molar-refractivity contribution in [1.82, 2.24) is 4.90 Å². The normalized spacial score (nSPS) is 16.0. The Bertz CT molecular complexity index is 1090. The fraction of sp³-hybridized carbons (Fsp3) is 0.250. The molecule has 31 heavy (non-hydrogen) atoms. The standard InChI is InChI=1S/C20H18N2O8S/c1-4-29-19(24)11(2)21-18(23)17(31-20(21)25)10-13-6-8-15(30-13)14-7-5-12(22(26)27)9-16(14)28-3/h5-11H,4H2,1-3H3/b17-10+/t11-/m1/s1. The number of carbonyl (C=O) groups is 3. The number of non-ortho nitro benzene ring substituents is 1. The Morgan fingerprint density at radius 1 is 1.32 bits per heavy atom. The third-order valence-corrected chi connectivity index (χ3v) is 5.28. The molecule has 0 saturated carbocycles. The number of furan rings is 1. The number of methoxy groups -OCH3 is 1. The molecular weight excluding hydrogens is 428 g/mol. The molecule has 2 aromatic rings. The van der Waals surface area contributed by atoms with Crippen LogP contribution in [0.5, 0.6) is 5.75 Å². The second kappa shape index (κ2) is 9.04. The molecule has 3 rings (SSSR count). The van der Waals surface area contributed by atoms with E-state index in [9.17, 15) is 24.5 Å². The second-order valence-corrected chi connectivity index (χ2v) is 7.32. The molecule has 0 bridgehead atoms. The van der Waals surface area contributed by atoms with E-state index in [1.165, 1.54) is 38.3 Å². The van der Waals surface area contributed by atoms with Gasteiger partial charge in [-0.05, 0) is 43.8 Å². The van der Waals surface area contributed by atoms with Gasteiger partial charge in [-0.2, -0.15) is 0 Å². The fourth-order valence-corrected chi connectivity index (χ4v) is 3.77. The van der Waals surface area contributed by atoms with Gasteiger partial charge in [0.1, 0.15) is 23.3 Å². The van der Waals surface area contributed by atoms with Gasteiger partial charge in [-0.25, -0.2) is 4.79 Å². The molecule has 0 aliphatic carbocycles. The SMILES string of the molecule is CCOC(=O)[C@@H](C)N1C(=O)S/C(=C/c2ccc(-c3ccc([N+](=O)[O-])cc3OC)o2)C1=O. The van der Waals surface area contributed by atoms with Gasteiger partial charge in [-0.15, -0.1) is 0 Å². The predicted molar refractivity (Wildman–Crippen MR) is 111 cm³/mol. The summed E-state index contributed by atoms with van der Waals surface area (Å²) in [4.78, 5) is 48.1. The van der Waals surface area contributed by atoms with Crippen LogP contribution in [0.2, 0.25) is 0 Å². The van der Waals surface area contributed by atoms with Crippen molar-refractivity contribution in [3.8, 4) is 17.1 Å². The lowest BCUT2D eigenvalue weighted by Gasteiger charge is -2.19. The number of esters is 1. The lowest BCUT2D eigenvalue weighted by atomic mass is 10.1. The number of nitrogens with zero attached hydrogens (tertiary/aromatic N) is 2. The largest absolute Gasteiger partial charge is 0.496 e. The van der Waals surface area contributed by atoms with E-state index < -0.39 is 28.1 Å². The average molecular weight is 446 g/mol. The zero-order chi connectivity index (χ0) is 22.7. The van der Waals surface area contributed by atoms with Crippen molar-refractivity contribution in [3.05, 3.63) is 51.1 Å². The predicted octanol–water partition coefficient (Wildman–Crippen LogP) is 3.85. The van der Waals surface area contributed by atoms with E-state index in [1.807, 2.05) is 0 Å². The van der Waals surface area contributed by atoms with E-state index in [0.29, 0.717) is 23.1 Å². The molecule has 1 aromatic carbocycles. The molecular formula is C20H18N2O8S. The van der Waals surface area contributed by atoms with E-state index in [2.05, 4.69) is 0 Å². The highest BCUT2D eigenvalue weighted by molar-refractivity contribution is 8.18. The first kappa shape index (κ1) is 22.1. The summed E-state index contributed by atoms with van der Waals surface area (Å²) in [5.74, 6) is -0.404. The van der Waals surface area contributed by atoms with Crippen LogP contribution in [0.3, 0.4) is 0 Å². The summed E-state index contributed by atoms with van der Waals surface area (Å²) >= 11 is 0.689. The number of rotatable bonds is 7. The lowest BCUT2D eigenvalue weighted by molar-refractivity contribution is -0.384. The van der Waals surface area contributed by atoms with Crippen molar-refractivity contribution in [1.29, 1.82) is 0 Å². The fourth-order valence-electron chi connectivity index (χ4n) is 2.88. The summed E-state index contributed by atoms with van der Waals surface area (Å²) < 4.78 is 15.8.